The molecule has 0 aromatic carbocycles. The van der Waals surface area contributed by atoms with Gasteiger partial charge in [0.1, 0.15) is 0 Å². The zero-order chi connectivity index (χ0) is 5.98. The van der Waals surface area contributed by atoms with Crippen molar-refractivity contribution >= 4 is 23.3 Å². The fourth-order valence-electron chi connectivity index (χ4n) is 0.597. The highest BCUT2D eigenvalue weighted by Crippen LogP contribution is 1.92. The first-order chi connectivity index (χ1) is 3.84. The van der Waals surface area contributed by atoms with E-state index in [0.29, 0.717) is 5.69 Å². The number of hydrogen-bond acceptors (Lipinski definition) is 1. The zero-order valence-corrected chi connectivity index (χ0v) is 6.79. The van der Waals surface area contributed by atoms with Crippen molar-refractivity contribution in [1.82, 2.24) is 4.57 Å². The highest BCUT2D eigenvalue weighted by molar-refractivity contribution is 8.93. The Kier molecular flexibility index (Phi) is 3.24. The second kappa shape index (κ2) is 3.45. The van der Waals surface area contributed by atoms with Gasteiger partial charge in [0.15, 0.2) is 6.29 Å². The van der Waals surface area contributed by atoms with Crippen molar-refractivity contribution in [3.8, 4) is 0 Å². The van der Waals surface area contributed by atoms with Crippen LogP contribution in [-0.4, -0.2) is 10.9 Å². The summed E-state index contributed by atoms with van der Waals surface area (Å²) in [5.74, 6) is 0. The van der Waals surface area contributed by atoms with Gasteiger partial charge in [-0.15, -0.1) is 17.0 Å². The van der Waals surface area contributed by atoms with Crippen LogP contribution in [0.3, 0.4) is 0 Å². The predicted octanol–water partition coefficient (Wildman–Crippen LogP) is 1.42. The van der Waals surface area contributed by atoms with Crippen LogP contribution in [0.2, 0.25) is 0 Å². The molecule has 1 heterocycles. The van der Waals surface area contributed by atoms with Gasteiger partial charge in [-0.1, -0.05) is 0 Å². The lowest BCUT2D eigenvalue weighted by molar-refractivity contribution is 0.111. The van der Waals surface area contributed by atoms with Crippen LogP contribution in [-0.2, 0) is 7.05 Å². The van der Waals surface area contributed by atoms with E-state index in [1.807, 2.05) is 19.3 Å². The molecule has 0 unspecified atom stereocenters. The van der Waals surface area contributed by atoms with E-state index in [2.05, 4.69) is 0 Å². The lowest BCUT2D eigenvalue weighted by atomic mass is 10.5. The van der Waals surface area contributed by atoms with Crippen molar-refractivity contribution in [1.29, 1.82) is 0 Å². The number of rotatable bonds is 1. The first kappa shape index (κ1) is 8.43. The molecule has 0 fully saturated rings. The molecule has 1 aromatic heterocycles. The van der Waals surface area contributed by atoms with Gasteiger partial charge < -0.3 is 4.57 Å². The molecule has 1 aromatic rings. The number of aldehydes is 1. The van der Waals surface area contributed by atoms with Gasteiger partial charge in [-0.2, -0.15) is 0 Å². The molecule has 0 aliphatic rings. The van der Waals surface area contributed by atoms with Crippen LogP contribution in [0.15, 0.2) is 18.3 Å². The summed E-state index contributed by atoms with van der Waals surface area (Å²) in [4.78, 5) is 10.1. The third-order valence-corrected chi connectivity index (χ3v) is 1.10. The monoisotopic (exact) mass is 189 g/mol. The van der Waals surface area contributed by atoms with Crippen molar-refractivity contribution in [2.75, 3.05) is 0 Å². The summed E-state index contributed by atoms with van der Waals surface area (Å²) in [7, 11) is 1.84. The Morgan fingerprint density at radius 1 is 1.67 bits per heavy atom. The van der Waals surface area contributed by atoms with E-state index in [4.69, 9.17) is 0 Å². The summed E-state index contributed by atoms with van der Waals surface area (Å²) in [6.45, 7) is 0. The average Bonchev–Trinajstić information content (AvgIpc) is 2.14. The van der Waals surface area contributed by atoms with E-state index in [9.17, 15) is 4.79 Å². The number of nitrogens with zero attached hydrogens (tertiary/aromatic N) is 1. The van der Waals surface area contributed by atoms with Gasteiger partial charge in [-0.3, -0.25) is 4.79 Å². The largest absolute Gasteiger partial charge is 0.348 e. The molecule has 1 rings (SSSR count). The fraction of sp³-hybridized carbons (Fsp3) is 0.167. The summed E-state index contributed by atoms with van der Waals surface area (Å²) in [6.07, 6.45) is 2.67. The van der Waals surface area contributed by atoms with E-state index in [-0.39, 0.29) is 17.0 Å². The Morgan fingerprint density at radius 3 is 2.56 bits per heavy atom. The van der Waals surface area contributed by atoms with Crippen LogP contribution in [0.25, 0.3) is 0 Å². The number of aromatic nitrogens is 1. The number of carbonyl (C=O) groups excluding carboxylic acids is 1. The van der Waals surface area contributed by atoms with E-state index in [1.54, 1.807) is 10.6 Å². The number of hydrogen-bond donors (Lipinski definition) is 0. The highest BCUT2D eigenvalue weighted by Gasteiger charge is 1.89. The Hall–Kier alpha value is -0.570. The minimum absolute atomic E-state index is 0. The average molecular weight is 190 g/mol. The van der Waals surface area contributed by atoms with Crippen LogP contribution in [0.5, 0.6) is 0 Å². The van der Waals surface area contributed by atoms with Crippen LogP contribution in [0.1, 0.15) is 10.5 Å². The number of carbonyl (C=O) groups is 1. The SMILES string of the molecule is Br.Cn1cccc1C=O. The molecule has 9 heavy (non-hydrogen) atoms. The quantitative estimate of drug-likeness (QED) is 0.613. The summed E-state index contributed by atoms with van der Waals surface area (Å²) in [6, 6.07) is 3.61. The molecule has 0 aliphatic carbocycles. The molecule has 0 amide bonds. The van der Waals surface area contributed by atoms with Crippen molar-refractivity contribution in [3.05, 3.63) is 24.0 Å². The van der Waals surface area contributed by atoms with Crippen LogP contribution in [0, 0.1) is 0 Å². The first-order valence-electron chi connectivity index (χ1n) is 2.41. The smallest absolute Gasteiger partial charge is 0.166 e. The molecular formula is C6H8BrNO. The predicted molar refractivity (Wildman–Crippen MR) is 41.1 cm³/mol. The number of halogens is 1. The van der Waals surface area contributed by atoms with Gasteiger partial charge in [0.05, 0.1) is 5.69 Å². The molecule has 2 nitrogen and oxygen atoms in total. The first-order valence-corrected chi connectivity index (χ1v) is 2.41. The third-order valence-electron chi connectivity index (χ3n) is 1.10. The summed E-state index contributed by atoms with van der Waals surface area (Å²) in [5.41, 5.74) is 0.713. The fourth-order valence-corrected chi connectivity index (χ4v) is 0.597. The lowest BCUT2D eigenvalue weighted by Gasteiger charge is -1.88. The number of aryl methyl sites for hydroxylation is 1. The summed E-state index contributed by atoms with van der Waals surface area (Å²) >= 11 is 0. The molecule has 0 N–H and O–H groups in total. The Bertz CT molecular complexity index is 195. The summed E-state index contributed by atoms with van der Waals surface area (Å²) < 4.78 is 1.77. The summed E-state index contributed by atoms with van der Waals surface area (Å²) in [5, 5.41) is 0. The van der Waals surface area contributed by atoms with Crippen molar-refractivity contribution in [2.24, 2.45) is 7.05 Å². The van der Waals surface area contributed by atoms with Crippen LogP contribution < -0.4 is 0 Å². The Morgan fingerprint density at radius 2 is 2.33 bits per heavy atom. The zero-order valence-electron chi connectivity index (χ0n) is 5.07. The normalized spacial score (nSPS) is 8.11. The standard InChI is InChI=1S/C6H7NO.BrH/c1-7-4-2-3-6(7)5-8;/h2-5H,1H3;1H. The molecule has 0 radical (unpaired) electrons. The minimum atomic E-state index is 0. The molecule has 3 heteroatoms. The van der Waals surface area contributed by atoms with Gasteiger partial charge in [0, 0.05) is 13.2 Å². The molecule has 50 valence electrons. The Labute approximate surface area is 64.3 Å². The van der Waals surface area contributed by atoms with Gasteiger partial charge in [-0.25, -0.2) is 0 Å². The van der Waals surface area contributed by atoms with E-state index < -0.39 is 0 Å². The maximum atomic E-state index is 10.1. The Balaban J connectivity index is 0.000000640. The molecule has 0 bridgehead atoms. The molecule has 0 saturated heterocycles. The second-order valence-electron chi connectivity index (χ2n) is 1.66. The van der Waals surface area contributed by atoms with E-state index >= 15 is 0 Å². The topological polar surface area (TPSA) is 22.0 Å². The second-order valence-corrected chi connectivity index (χ2v) is 1.66. The van der Waals surface area contributed by atoms with Gasteiger partial charge in [-0.05, 0) is 12.1 Å². The minimum Gasteiger partial charge on any atom is -0.348 e. The van der Waals surface area contributed by atoms with Crippen molar-refractivity contribution in [2.45, 2.75) is 0 Å². The molecular weight excluding hydrogens is 182 g/mol. The van der Waals surface area contributed by atoms with E-state index in [0.717, 1.165) is 6.29 Å². The van der Waals surface area contributed by atoms with Gasteiger partial charge >= 0.3 is 0 Å². The van der Waals surface area contributed by atoms with Crippen LogP contribution in [0.4, 0.5) is 0 Å². The highest BCUT2D eigenvalue weighted by atomic mass is 79.9. The van der Waals surface area contributed by atoms with Gasteiger partial charge in [0.25, 0.3) is 0 Å². The molecule has 0 saturated carbocycles. The lowest BCUT2D eigenvalue weighted by Crippen LogP contribution is -1.90. The van der Waals surface area contributed by atoms with E-state index in [1.165, 1.54) is 0 Å². The molecule has 0 aliphatic heterocycles. The van der Waals surface area contributed by atoms with Gasteiger partial charge in [0.2, 0.25) is 0 Å². The van der Waals surface area contributed by atoms with Crippen molar-refractivity contribution < 1.29 is 4.79 Å². The van der Waals surface area contributed by atoms with Crippen molar-refractivity contribution in [3.63, 3.8) is 0 Å². The van der Waals surface area contributed by atoms with Crippen LogP contribution >= 0.6 is 17.0 Å². The third kappa shape index (κ3) is 1.68. The molecule has 0 atom stereocenters. The molecule has 0 spiro atoms. The maximum absolute atomic E-state index is 10.1. The maximum Gasteiger partial charge on any atom is 0.166 e.